The lowest BCUT2D eigenvalue weighted by Gasteiger charge is -2.28. The molecule has 0 spiro atoms. The van der Waals surface area contributed by atoms with Gasteiger partial charge in [-0.15, -0.1) is 0 Å². The number of ether oxygens (including phenoxy) is 2. The van der Waals surface area contributed by atoms with Crippen LogP contribution in [0.3, 0.4) is 0 Å². The first-order valence-corrected chi connectivity index (χ1v) is 13.7. The minimum absolute atomic E-state index is 0.102. The van der Waals surface area contributed by atoms with Gasteiger partial charge in [-0.3, -0.25) is 9.59 Å². The number of carboxylic acid groups (broad SMARTS) is 1. The summed E-state index contributed by atoms with van der Waals surface area (Å²) in [6, 6.07) is 20.9. The highest BCUT2D eigenvalue weighted by molar-refractivity contribution is 6.32. The molecule has 5 rings (SSSR count). The summed E-state index contributed by atoms with van der Waals surface area (Å²) in [5, 5.41) is 12.8. The zero-order valence-electron chi connectivity index (χ0n) is 21.2. The van der Waals surface area contributed by atoms with Gasteiger partial charge in [0.15, 0.2) is 0 Å². The summed E-state index contributed by atoms with van der Waals surface area (Å²) in [7, 11) is 0. The van der Waals surface area contributed by atoms with Crippen molar-refractivity contribution in [3.63, 3.8) is 0 Å². The van der Waals surface area contributed by atoms with Gasteiger partial charge in [-0.25, -0.2) is 0 Å². The van der Waals surface area contributed by atoms with Gasteiger partial charge < -0.3 is 19.9 Å². The molecule has 0 radical (unpaired) electrons. The lowest BCUT2D eigenvalue weighted by molar-refractivity contribution is -0.139. The highest BCUT2D eigenvalue weighted by Crippen LogP contribution is 2.42. The fourth-order valence-corrected chi connectivity index (χ4v) is 5.74. The van der Waals surface area contributed by atoms with Gasteiger partial charge in [0, 0.05) is 23.7 Å². The second-order valence-corrected chi connectivity index (χ2v) is 10.6. The van der Waals surface area contributed by atoms with E-state index in [4.69, 9.17) is 21.1 Å². The van der Waals surface area contributed by atoms with E-state index in [1.54, 1.807) is 36.4 Å². The van der Waals surface area contributed by atoms with Crippen molar-refractivity contribution in [2.45, 2.75) is 50.4 Å². The van der Waals surface area contributed by atoms with E-state index in [1.807, 2.05) is 0 Å². The minimum Gasteiger partial charge on any atom is -0.493 e. The summed E-state index contributed by atoms with van der Waals surface area (Å²) < 4.78 is 11.6. The van der Waals surface area contributed by atoms with E-state index in [0.29, 0.717) is 64.8 Å². The Hall–Kier alpha value is -3.51. The number of rotatable bonds is 8. The molecule has 7 heteroatoms. The number of nitrogens with one attached hydrogen (secondary N) is 1. The molecule has 1 aliphatic carbocycles. The minimum atomic E-state index is -0.899. The number of carboxylic acids is 1. The molecule has 1 amide bonds. The van der Waals surface area contributed by atoms with Gasteiger partial charge in [-0.2, -0.15) is 0 Å². The van der Waals surface area contributed by atoms with E-state index in [9.17, 15) is 14.7 Å². The molecular weight excluding hydrogens is 502 g/mol. The quantitative estimate of drug-likeness (QED) is 0.320. The topological polar surface area (TPSA) is 84.9 Å². The molecule has 3 aromatic carbocycles. The molecule has 3 aromatic rings. The number of hydrogen-bond donors (Lipinski definition) is 2. The number of fused-ring (bicyclic) bond motifs is 1. The lowest BCUT2D eigenvalue weighted by atomic mass is 9.77. The fraction of sp³-hybridized carbons (Fsp3) is 0.355. The van der Waals surface area contributed by atoms with Crippen LogP contribution < -0.4 is 14.8 Å². The lowest BCUT2D eigenvalue weighted by Crippen LogP contribution is -2.26. The summed E-state index contributed by atoms with van der Waals surface area (Å²) in [5.41, 5.74) is 2.56. The van der Waals surface area contributed by atoms with Crippen LogP contribution in [-0.2, 0) is 4.79 Å². The molecule has 2 N–H and O–H groups in total. The zero-order chi connectivity index (χ0) is 26.5. The predicted molar refractivity (Wildman–Crippen MR) is 147 cm³/mol. The van der Waals surface area contributed by atoms with Crippen molar-refractivity contribution in [3.8, 4) is 17.2 Å². The maximum Gasteiger partial charge on any atom is 0.311 e. The standard InChI is InChI=1S/C31H32ClNO5/c32-27-18-26-25(31(35)36)15-17-37-28(26)19-29(27)38-24-12-10-23(11-13-24)30(34)33-16-14-20-6-8-22(9-7-20)21-4-2-1-3-5-21/h1-5,10-13,18-20,22,25H,6-9,14-17H2,(H,33,34)(H,35,36)/t20?,22?,25-/m0/s1. The molecule has 1 aliphatic heterocycles. The number of hydrogen-bond acceptors (Lipinski definition) is 4. The van der Waals surface area contributed by atoms with Gasteiger partial charge >= 0.3 is 5.97 Å². The second kappa shape index (κ2) is 11.9. The SMILES string of the molecule is O=C(NCCC1CCC(c2ccccc2)CC1)c1ccc(Oc2cc3c(cc2Cl)[C@@H](C(=O)O)CCO3)cc1. The summed E-state index contributed by atoms with van der Waals surface area (Å²) in [4.78, 5) is 24.2. The Balaban J connectivity index is 1.10. The first-order chi connectivity index (χ1) is 18.5. The van der Waals surface area contributed by atoms with Crippen LogP contribution in [0, 0.1) is 5.92 Å². The average Bonchev–Trinajstić information content (AvgIpc) is 2.94. The van der Waals surface area contributed by atoms with Gasteiger partial charge in [0.05, 0.1) is 17.5 Å². The molecule has 1 atom stereocenters. The third-order valence-corrected chi connectivity index (χ3v) is 8.00. The Morgan fingerprint density at radius 3 is 2.42 bits per heavy atom. The van der Waals surface area contributed by atoms with Crippen LogP contribution in [0.25, 0.3) is 0 Å². The molecule has 0 aromatic heterocycles. The largest absolute Gasteiger partial charge is 0.493 e. The second-order valence-electron chi connectivity index (χ2n) is 10.1. The van der Waals surface area contributed by atoms with Crippen molar-refractivity contribution in [2.75, 3.05) is 13.2 Å². The predicted octanol–water partition coefficient (Wildman–Crippen LogP) is 7.18. The van der Waals surface area contributed by atoms with Crippen LogP contribution in [0.15, 0.2) is 66.7 Å². The summed E-state index contributed by atoms with van der Waals surface area (Å²) in [6.45, 7) is 0.990. The monoisotopic (exact) mass is 533 g/mol. The van der Waals surface area contributed by atoms with E-state index < -0.39 is 11.9 Å². The fourth-order valence-electron chi connectivity index (χ4n) is 5.53. The van der Waals surface area contributed by atoms with Crippen LogP contribution >= 0.6 is 11.6 Å². The maximum atomic E-state index is 12.7. The van der Waals surface area contributed by atoms with Crippen LogP contribution in [0.4, 0.5) is 0 Å². The van der Waals surface area contributed by atoms with Crippen LogP contribution in [0.2, 0.25) is 5.02 Å². The molecule has 198 valence electrons. The summed E-state index contributed by atoms with van der Waals surface area (Å²) in [6.07, 6.45) is 6.23. The van der Waals surface area contributed by atoms with Crippen molar-refractivity contribution >= 4 is 23.5 Å². The van der Waals surface area contributed by atoms with E-state index >= 15 is 0 Å². The van der Waals surface area contributed by atoms with Crippen LogP contribution in [0.1, 0.15) is 71.8 Å². The molecule has 0 bridgehead atoms. The molecule has 38 heavy (non-hydrogen) atoms. The Bertz CT molecular complexity index is 1270. The van der Waals surface area contributed by atoms with Gasteiger partial charge in [0.2, 0.25) is 0 Å². The van der Waals surface area contributed by atoms with Crippen molar-refractivity contribution in [3.05, 3.63) is 88.4 Å². The van der Waals surface area contributed by atoms with Crippen LogP contribution in [0.5, 0.6) is 17.2 Å². The normalized spacial score (nSPS) is 20.6. The Morgan fingerprint density at radius 1 is 0.974 bits per heavy atom. The molecule has 1 heterocycles. The van der Waals surface area contributed by atoms with E-state index in [-0.39, 0.29) is 5.91 Å². The third kappa shape index (κ3) is 6.13. The number of amides is 1. The highest BCUT2D eigenvalue weighted by atomic mass is 35.5. The van der Waals surface area contributed by atoms with Crippen molar-refractivity contribution in [1.29, 1.82) is 0 Å². The molecule has 6 nitrogen and oxygen atoms in total. The van der Waals surface area contributed by atoms with Gasteiger partial charge in [-0.1, -0.05) is 41.9 Å². The first kappa shape index (κ1) is 26.1. The number of aliphatic carboxylic acids is 1. The first-order valence-electron chi connectivity index (χ1n) is 13.3. The van der Waals surface area contributed by atoms with Crippen LogP contribution in [-0.4, -0.2) is 30.1 Å². The molecule has 0 unspecified atom stereocenters. The summed E-state index contributed by atoms with van der Waals surface area (Å²) in [5.74, 6) is 1.02. The van der Waals surface area contributed by atoms with Gasteiger partial charge in [0.25, 0.3) is 5.91 Å². The van der Waals surface area contributed by atoms with Gasteiger partial charge in [0.1, 0.15) is 17.2 Å². The average molecular weight is 534 g/mol. The smallest absolute Gasteiger partial charge is 0.311 e. The number of benzene rings is 3. The van der Waals surface area contributed by atoms with E-state index in [0.717, 1.165) is 6.42 Å². The molecule has 2 aliphatic rings. The Kier molecular flexibility index (Phi) is 8.18. The number of carbonyl (C=O) groups is 2. The number of carbonyl (C=O) groups excluding carboxylic acids is 1. The molecule has 1 saturated carbocycles. The van der Waals surface area contributed by atoms with Crippen molar-refractivity contribution < 1.29 is 24.2 Å². The summed E-state index contributed by atoms with van der Waals surface area (Å²) >= 11 is 6.39. The Labute approximate surface area is 227 Å². The Morgan fingerprint density at radius 2 is 1.71 bits per heavy atom. The van der Waals surface area contributed by atoms with Crippen molar-refractivity contribution in [2.24, 2.45) is 5.92 Å². The molecular formula is C31H32ClNO5. The maximum absolute atomic E-state index is 12.7. The number of halogens is 1. The zero-order valence-corrected chi connectivity index (χ0v) is 22.0. The third-order valence-electron chi connectivity index (χ3n) is 7.70. The highest BCUT2D eigenvalue weighted by Gasteiger charge is 2.29. The molecule has 0 saturated heterocycles. The van der Waals surface area contributed by atoms with E-state index in [2.05, 4.69) is 35.6 Å². The van der Waals surface area contributed by atoms with E-state index in [1.165, 1.54) is 31.2 Å². The van der Waals surface area contributed by atoms with Crippen molar-refractivity contribution in [1.82, 2.24) is 5.32 Å². The molecule has 1 fully saturated rings. The van der Waals surface area contributed by atoms with Gasteiger partial charge in [-0.05, 0) is 86.3 Å².